The molecule has 0 unspecified atom stereocenters. The molecule has 3 aromatic rings. The highest BCUT2D eigenvalue weighted by Crippen LogP contribution is 2.35. The van der Waals surface area contributed by atoms with Crippen molar-refractivity contribution < 1.29 is 30.4 Å². The monoisotopic (exact) mass is 430 g/mol. The molecule has 1 aromatic heterocycles. The van der Waals surface area contributed by atoms with E-state index < -0.39 is 43.8 Å². The van der Waals surface area contributed by atoms with E-state index in [4.69, 9.17) is 0 Å². The zero-order valence-electron chi connectivity index (χ0n) is 15.5. The Morgan fingerprint density at radius 2 is 1.59 bits per heavy atom. The molecule has 0 saturated carbocycles. The van der Waals surface area contributed by atoms with Crippen molar-refractivity contribution in [1.29, 1.82) is 0 Å². The highest BCUT2D eigenvalue weighted by Gasteiger charge is 2.36. The van der Waals surface area contributed by atoms with Gasteiger partial charge in [0.05, 0.1) is 11.4 Å². The second kappa shape index (κ2) is 6.94. The lowest BCUT2D eigenvalue weighted by Gasteiger charge is -2.11. The first-order valence-electron chi connectivity index (χ1n) is 8.23. The Morgan fingerprint density at radius 3 is 2.14 bits per heavy atom. The Hall–Kier alpha value is -2.75. The molecule has 154 valence electrons. The van der Waals surface area contributed by atoms with Gasteiger partial charge in [-0.05, 0) is 55.3 Å². The van der Waals surface area contributed by atoms with Crippen molar-refractivity contribution >= 4 is 9.84 Å². The quantitative estimate of drug-likeness (QED) is 0.558. The second-order valence-electron chi connectivity index (χ2n) is 6.63. The molecule has 0 aliphatic carbocycles. The molecule has 1 heterocycles. The van der Waals surface area contributed by atoms with E-state index in [-0.39, 0.29) is 11.4 Å². The van der Waals surface area contributed by atoms with Gasteiger partial charge < -0.3 is 0 Å². The lowest BCUT2D eigenvalue weighted by molar-refractivity contribution is -0.141. The number of aromatic nitrogens is 2. The number of benzene rings is 2. The molecular formula is C19H15F5N2O2S. The van der Waals surface area contributed by atoms with Gasteiger partial charge >= 0.3 is 6.18 Å². The van der Waals surface area contributed by atoms with Gasteiger partial charge in [-0.25, -0.2) is 21.9 Å². The van der Waals surface area contributed by atoms with Crippen LogP contribution in [0.1, 0.15) is 16.8 Å². The van der Waals surface area contributed by atoms with Gasteiger partial charge in [-0.2, -0.15) is 18.3 Å². The molecule has 2 aromatic carbocycles. The summed E-state index contributed by atoms with van der Waals surface area (Å²) in [6, 6.07) is 6.31. The van der Waals surface area contributed by atoms with E-state index in [1.807, 2.05) is 6.92 Å². The molecule has 0 fully saturated rings. The smallest absolute Gasteiger partial charge is 0.232 e. The van der Waals surface area contributed by atoms with Crippen molar-refractivity contribution in [3.05, 3.63) is 64.9 Å². The van der Waals surface area contributed by atoms with Gasteiger partial charge in [0.1, 0.15) is 16.5 Å². The Kier molecular flexibility index (Phi) is 5.02. The molecule has 0 amide bonds. The molecule has 10 heteroatoms. The van der Waals surface area contributed by atoms with E-state index in [0.29, 0.717) is 24.5 Å². The largest absolute Gasteiger partial charge is 0.435 e. The van der Waals surface area contributed by atoms with Gasteiger partial charge in [0.25, 0.3) is 0 Å². The molecule has 0 saturated heterocycles. The first kappa shape index (κ1) is 21.0. The predicted molar refractivity (Wildman–Crippen MR) is 96.5 cm³/mol. The van der Waals surface area contributed by atoms with Crippen LogP contribution in [0.3, 0.4) is 0 Å². The maximum absolute atomic E-state index is 14.6. The third kappa shape index (κ3) is 4.02. The zero-order valence-corrected chi connectivity index (χ0v) is 16.3. The minimum Gasteiger partial charge on any atom is -0.232 e. The Balaban J connectivity index is 2.30. The van der Waals surface area contributed by atoms with Gasteiger partial charge in [0.15, 0.2) is 15.5 Å². The average Bonchev–Trinajstić information content (AvgIpc) is 3.03. The zero-order chi connectivity index (χ0) is 21.7. The summed E-state index contributed by atoms with van der Waals surface area (Å²) in [6.07, 6.45) is -4.12. The van der Waals surface area contributed by atoms with Gasteiger partial charge in [-0.3, -0.25) is 0 Å². The van der Waals surface area contributed by atoms with Crippen LogP contribution in [-0.2, 0) is 16.0 Å². The van der Waals surface area contributed by atoms with Crippen molar-refractivity contribution in [3.8, 4) is 16.9 Å². The average molecular weight is 430 g/mol. The van der Waals surface area contributed by atoms with Crippen molar-refractivity contribution in [2.45, 2.75) is 24.9 Å². The fourth-order valence-corrected chi connectivity index (χ4v) is 3.51. The molecular weight excluding hydrogens is 415 g/mol. The first-order chi connectivity index (χ1) is 13.3. The third-order valence-corrected chi connectivity index (χ3v) is 5.54. The van der Waals surface area contributed by atoms with Gasteiger partial charge in [-0.1, -0.05) is 6.07 Å². The fourth-order valence-electron chi connectivity index (χ4n) is 2.77. The highest BCUT2D eigenvalue weighted by atomic mass is 32.2. The van der Waals surface area contributed by atoms with Crippen molar-refractivity contribution in [2.24, 2.45) is 0 Å². The van der Waals surface area contributed by atoms with E-state index >= 15 is 0 Å². The number of rotatable bonds is 3. The number of alkyl halides is 3. The van der Waals surface area contributed by atoms with E-state index in [0.717, 1.165) is 15.8 Å². The van der Waals surface area contributed by atoms with Crippen LogP contribution in [0.2, 0.25) is 0 Å². The summed E-state index contributed by atoms with van der Waals surface area (Å²) in [5.41, 5.74) is -0.346. The summed E-state index contributed by atoms with van der Waals surface area (Å²) in [5.74, 6) is -2.46. The van der Waals surface area contributed by atoms with E-state index in [2.05, 4.69) is 5.10 Å². The molecule has 0 N–H and O–H groups in total. The molecule has 3 rings (SSSR count). The number of hydrogen-bond acceptors (Lipinski definition) is 3. The molecule has 0 atom stereocenters. The van der Waals surface area contributed by atoms with Crippen molar-refractivity contribution in [2.75, 3.05) is 6.26 Å². The van der Waals surface area contributed by atoms with Crippen LogP contribution in [0.15, 0.2) is 41.3 Å². The molecule has 29 heavy (non-hydrogen) atoms. The molecule has 0 radical (unpaired) electrons. The molecule has 0 bridgehead atoms. The molecule has 4 nitrogen and oxygen atoms in total. The van der Waals surface area contributed by atoms with Gasteiger partial charge in [-0.15, -0.1) is 0 Å². The van der Waals surface area contributed by atoms with Gasteiger partial charge in [0, 0.05) is 11.8 Å². The van der Waals surface area contributed by atoms with Crippen LogP contribution < -0.4 is 0 Å². The standard InChI is InChI=1S/C19H15F5N2O2S/c1-10-4-5-12(6-11(10)2)26-16(9-18(25-26)19(22,23)24)13-7-15(21)17(8-14(13)20)29(3,27)28/h4-9H,1-3H3. The topological polar surface area (TPSA) is 52.0 Å². The van der Waals surface area contributed by atoms with Crippen LogP contribution in [0.25, 0.3) is 16.9 Å². The predicted octanol–water partition coefficient (Wildman–Crippen LogP) is 4.86. The number of sulfone groups is 1. The first-order valence-corrected chi connectivity index (χ1v) is 10.1. The van der Waals surface area contributed by atoms with Crippen LogP contribution in [0.5, 0.6) is 0 Å². The third-order valence-electron chi connectivity index (χ3n) is 4.43. The normalized spacial score (nSPS) is 12.4. The maximum atomic E-state index is 14.6. The van der Waals surface area contributed by atoms with Crippen molar-refractivity contribution in [3.63, 3.8) is 0 Å². The summed E-state index contributed by atoms with van der Waals surface area (Å²) < 4.78 is 92.6. The SMILES string of the molecule is Cc1ccc(-n2nc(C(F)(F)F)cc2-c2cc(F)c(S(C)(=O)=O)cc2F)cc1C. The number of aryl methyl sites for hydroxylation is 2. The summed E-state index contributed by atoms with van der Waals surface area (Å²) in [4.78, 5) is -0.882. The van der Waals surface area contributed by atoms with Crippen LogP contribution in [-0.4, -0.2) is 24.5 Å². The van der Waals surface area contributed by atoms with Crippen molar-refractivity contribution in [1.82, 2.24) is 9.78 Å². The number of halogens is 5. The highest BCUT2D eigenvalue weighted by molar-refractivity contribution is 7.90. The minimum atomic E-state index is -4.82. The summed E-state index contributed by atoms with van der Waals surface area (Å²) >= 11 is 0. The summed E-state index contributed by atoms with van der Waals surface area (Å²) in [5, 5.41) is 3.53. The molecule has 0 aliphatic heterocycles. The summed E-state index contributed by atoms with van der Waals surface area (Å²) in [7, 11) is -4.06. The van der Waals surface area contributed by atoms with E-state index in [1.54, 1.807) is 19.1 Å². The number of nitrogens with zero attached hydrogens (tertiary/aromatic N) is 2. The lowest BCUT2D eigenvalue weighted by Crippen LogP contribution is -2.08. The van der Waals surface area contributed by atoms with Crippen LogP contribution in [0.4, 0.5) is 22.0 Å². The van der Waals surface area contributed by atoms with Crippen LogP contribution in [0, 0.1) is 25.5 Å². The van der Waals surface area contributed by atoms with Gasteiger partial charge in [0.2, 0.25) is 0 Å². The Labute approximate surface area is 163 Å². The lowest BCUT2D eigenvalue weighted by atomic mass is 10.1. The minimum absolute atomic E-state index is 0.214. The Bertz CT molecular complexity index is 1210. The maximum Gasteiger partial charge on any atom is 0.435 e. The summed E-state index contributed by atoms with van der Waals surface area (Å²) in [6.45, 7) is 3.55. The Morgan fingerprint density at radius 1 is 0.931 bits per heavy atom. The molecule has 0 aliphatic rings. The fraction of sp³-hybridized carbons (Fsp3) is 0.211. The second-order valence-corrected chi connectivity index (χ2v) is 8.61. The number of hydrogen-bond donors (Lipinski definition) is 0. The molecule has 0 spiro atoms. The van der Waals surface area contributed by atoms with E-state index in [9.17, 15) is 30.4 Å². The van der Waals surface area contributed by atoms with E-state index in [1.165, 1.54) is 6.07 Å². The van der Waals surface area contributed by atoms with Crippen LogP contribution >= 0.6 is 0 Å².